The number of carbonyl (C=O) groups is 1. The van der Waals surface area contributed by atoms with E-state index in [-0.39, 0.29) is 27.5 Å². The molecule has 0 spiro atoms. The summed E-state index contributed by atoms with van der Waals surface area (Å²) in [6.45, 7) is 3.54. The molecule has 1 amide bonds. The van der Waals surface area contributed by atoms with Crippen LogP contribution in [0.2, 0.25) is 10.3 Å². The molecule has 4 nitrogen and oxygen atoms in total. The number of anilines is 1. The smallest absolute Gasteiger partial charge is 0.258 e. The van der Waals surface area contributed by atoms with Crippen LogP contribution in [-0.4, -0.2) is 16.0 Å². The zero-order valence-corrected chi connectivity index (χ0v) is 12.4. The van der Waals surface area contributed by atoms with Crippen molar-refractivity contribution < 1.29 is 9.90 Å². The SMILES string of the molecule is Cc1cc(NC(=O)c2ccc(Cl)nc2Cl)c(C)cc1O. The van der Waals surface area contributed by atoms with Crippen molar-refractivity contribution in [1.29, 1.82) is 0 Å². The number of amides is 1. The third-order valence-electron chi connectivity index (χ3n) is 2.85. The fourth-order valence-electron chi connectivity index (χ4n) is 1.71. The number of nitrogens with zero attached hydrogens (tertiary/aromatic N) is 1. The zero-order chi connectivity index (χ0) is 14.9. The van der Waals surface area contributed by atoms with Crippen LogP contribution in [0.1, 0.15) is 21.5 Å². The number of aryl methyl sites for hydroxylation is 2. The predicted molar refractivity (Wildman–Crippen MR) is 79.8 cm³/mol. The van der Waals surface area contributed by atoms with Crippen molar-refractivity contribution in [2.45, 2.75) is 13.8 Å². The predicted octanol–water partition coefficient (Wildman–Crippen LogP) is 3.96. The Morgan fingerprint density at radius 1 is 1.20 bits per heavy atom. The van der Waals surface area contributed by atoms with Crippen molar-refractivity contribution in [3.8, 4) is 5.75 Å². The van der Waals surface area contributed by atoms with E-state index < -0.39 is 0 Å². The maximum absolute atomic E-state index is 12.2. The quantitative estimate of drug-likeness (QED) is 0.652. The van der Waals surface area contributed by atoms with E-state index >= 15 is 0 Å². The summed E-state index contributed by atoms with van der Waals surface area (Å²) >= 11 is 11.6. The number of phenolic OH excluding ortho intramolecular Hbond substituents is 1. The number of nitrogens with one attached hydrogen (secondary N) is 1. The minimum atomic E-state index is -0.382. The zero-order valence-electron chi connectivity index (χ0n) is 10.9. The van der Waals surface area contributed by atoms with Crippen LogP contribution in [-0.2, 0) is 0 Å². The Bertz CT molecular complexity index is 687. The van der Waals surface area contributed by atoms with Crippen LogP contribution in [0, 0.1) is 13.8 Å². The van der Waals surface area contributed by atoms with Gasteiger partial charge in [0.25, 0.3) is 5.91 Å². The average Bonchev–Trinajstić information content (AvgIpc) is 2.35. The second-order valence-electron chi connectivity index (χ2n) is 4.38. The lowest BCUT2D eigenvalue weighted by molar-refractivity contribution is 0.102. The van der Waals surface area contributed by atoms with Gasteiger partial charge < -0.3 is 10.4 Å². The molecule has 0 radical (unpaired) electrons. The van der Waals surface area contributed by atoms with Crippen LogP contribution in [0.4, 0.5) is 5.69 Å². The van der Waals surface area contributed by atoms with E-state index in [0.29, 0.717) is 11.3 Å². The third kappa shape index (κ3) is 3.03. The Balaban J connectivity index is 2.30. The van der Waals surface area contributed by atoms with Gasteiger partial charge in [0.05, 0.1) is 5.56 Å². The second kappa shape index (κ2) is 5.69. The number of hydrogen-bond donors (Lipinski definition) is 2. The number of halogens is 2. The number of aromatic hydroxyl groups is 1. The van der Waals surface area contributed by atoms with E-state index in [0.717, 1.165) is 5.56 Å². The molecule has 104 valence electrons. The van der Waals surface area contributed by atoms with Crippen molar-refractivity contribution in [1.82, 2.24) is 4.98 Å². The molecule has 2 rings (SSSR count). The molecule has 0 unspecified atom stereocenters. The van der Waals surface area contributed by atoms with Crippen LogP contribution in [0.15, 0.2) is 24.3 Å². The number of aromatic nitrogens is 1. The molecule has 6 heteroatoms. The summed E-state index contributed by atoms with van der Waals surface area (Å²) in [6.07, 6.45) is 0. The summed E-state index contributed by atoms with van der Waals surface area (Å²) < 4.78 is 0. The Morgan fingerprint density at radius 2 is 1.90 bits per heavy atom. The first kappa shape index (κ1) is 14.6. The van der Waals surface area contributed by atoms with Gasteiger partial charge in [-0.3, -0.25) is 4.79 Å². The second-order valence-corrected chi connectivity index (χ2v) is 5.13. The van der Waals surface area contributed by atoms with Crippen molar-refractivity contribution in [3.05, 3.63) is 51.3 Å². The van der Waals surface area contributed by atoms with Crippen LogP contribution in [0.5, 0.6) is 5.75 Å². The lowest BCUT2D eigenvalue weighted by Gasteiger charge is -2.11. The van der Waals surface area contributed by atoms with E-state index in [1.54, 1.807) is 26.0 Å². The molecule has 0 saturated heterocycles. The van der Waals surface area contributed by atoms with E-state index in [9.17, 15) is 9.90 Å². The molecule has 0 bridgehead atoms. The Morgan fingerprint density at radius 3 is 2.55 bits per heavy atom. The first-order valence-electron chi connectivity index (χ1n) is 5.82. The molecule has 20 heavy (non-hydrogen) atoms. The molecule has 1 heterocycles. The normalized spacial score (nSPS) is 10.4. The maximum Gasteiger partial charge on any atom is 0.258 e. The van der Waals surface area contributed by atoms with E-state index in [1.807, 2.05) is 0 Å². The summed E-state index contributed by atoms with van der Waals surface area (Å²) in [5, 5.41) is 12.6. The minimum Gasteiger partial charge on any atom is -0.508 e. The van der Waals surface area contributed by atoms with Crippen LogP contribution in [0.25, 0.3) is 0 Å². The summed E-state index contributed by atoms with van der Waals surface area (Å²) in [7, 11) is 0. The lowest BCUT2D eigenvalue weighted by Crippen LogP contribution is -2.14. The van der Waals surface area contributed by atoms with Crippen molar-refractivity contribution in [3.63, 3.8) is 0 Å². The van der Waals surface area contributed by atoms with Gasteiger partial charge in [-0.1, -0.05) is 23.2 Å². The van der Waals surface area contributed by atoms with Gasteiger partial charge in [-0.25, -0.2) is 4.98 Å². The summed E-state index contributed by atoms with van der Waals surface area (Å²) in [4.78, 5) is 16.0. The van der Waals surface area contributed by atoms with Gasteiger partial charge in [0.2, 0.25) is 0 Å². The first-order valence-corrected chi connectivity index (χ1v) is 6.57. The molecule has 0 atom stereocenters. The number of phenols is 1. The highest BCUT2D eigenvalue weighted by Gasteiger charge is 2.14. The molecular formula is C14H12Cl2N2O2. The molecular weight excluding hydrogens is 299 g/mol. The monoisotopic (exact) mass is 310 g/mol. The molecule has 2 N–H and O–H groups in total. The van der Waals surface area contributed by atoms with Gasteiger partial charge in [-0.2, -0.15) is 0 Å². The Kier molecular flexibility index (Phi) is 4.16. The molecule has 1 aromatic carbocycles. The van der Waals surface area contributed by atoms with Crippen molar-refractivity contribution in [2.75, 3.05) is 5.32 Å². The molecule has 0 aliphatic rings. The maximum atomic E-state index is 12.2. The number of carbonyl (C=O) groups excluding carboxylic acids is 1. The van der Waals surface area contributed by atoms with E-state index in [1.165, 1.54) is 12.1 Å². The molecule has 2 aromatic rings. The summed E-state index contributed by atoms with van der Waals surface area (Å²) in [6, 6.07) is 6.29. The van der Waals surface area contributed by atoms with Gasteiger partial charge in [0, 0.05) is 5.69 Å². The Labute approximate surface area is 126 Å². The van der Waals surface area contributed by atoms with Gasteiger partial charge in [0.1, 0.15) is 16.1 Å². The van der Waals surface area contributed by atoms with Crippen LogP contribution >= 0.6 is 23.2 Å². The largest absolute Gasteiger partial charge is 0.508 e. The van der Waals surface area contributed by atoms with Crippen LogP contribution < -0.4 is 5.32 Å². The Hall–Kier alpha value is -1.78. The highest BCUT2D eigenvalue weighted by atomic mass is 35.5. The number of hydrogen-bond acceptors (Lipinski definition) is 3. The minimum absolute atomic E-state index is 0.0446. The topological polar surface area (TPSA) is 62.2 Å². The molecule has 0 saturated carbocycles. The van der Waals surface area contributed by atoms with E-state index in [2.05, 4.69) is 10.3 Å². The summed E-state index contributed by atoms with van der Waals surface area (Å²) in [5.74, 6) is -0.195. The fraction of sp³-hybridized carbons (Fsp3) is 0.143. The molecule has 0 aliphatic carbocycles. The molecule has 0 aliphatic heterocycles. The first-order chi connectivity index (χ1) is 9.38. The molecule has 0 fully saturated rings. The van der Waals surface area contributed by atoms with Crippen LogP contribution in [0.3, 0.4) is 0 Å². The van der Waals surface area contributed by atoms with Gasteiger partial charge in [-0.15, -0.1) is 0 Å². The van der Waals surface area contributed by atoms with Crippen molar-refractivity contribution in [2.24, 2.45) is 0 Å². The van der Waals surface area contributed by atoms with Gasteiger partial charge in [-0.05, 0) is 49.2 Å². The highest BCUT2D eigenvalue weighted by molar-refractivity contribution is 6.35. The number of benzene rings is 1. The number of pyridine rings is 1. The van der Waals surface area contributed by atoms with Gasteiger partial charge >= 0.3 is 0 Å². The third-order valence-corrected chi connectivity index (χ3v) is 3.35. The lowest BCUT2D eigenvalue weighted by atomic mass is 10.1. The number of rotatable bonds is 2. The van der Waals surface area contributed by atoms with E-state index in [4.69, 9.17) is 23.2 Å². The average molecular weight is 311 g/mol. The standard InChI is InChI=1S/C14H12Cl2N2O2/c1-7-6-11(19)8(2)5-10(7)17-14(20)9-3-4-12(15)18-13(9)16/h3-6,19H,1-2H3,(H,17,20). The van der Waals surface area contributed by atoms with Gasteiger partial charge in [0.15, 0.2) is 0 Å². The van der Waals surface area contributed by atoms with Crippen molar-refractivity contribution >= 4 is 34.8 Å². The highest BCUT2D eigenvalue weighted by Crippen LogP contribution is 2.26. The molecule has 1 aromatic heterocycles. The summed E-state index contributed by atoms with van der Waals surface area (Å²) in [5.41, 5.74) is 2.27. The fourth-order valence-corrected chi connectivity index (χ4v) is 2.14.